The highest BCUT2D eigenvalue weighted by molar-refractivity contribution is 7.89. The molecule has 2 aromatic heterocycles. The highest BCUT2D eigenvalue weighted by atomic mass is 32.2. The van der Waals surface area contributed by atoms with E-state index in [0.717, 1.165) is 21.5 Å². The number of ether oxygens (including phenoxy) is 1. The highest BCUT2D eigenvalue weighted by Crippen LogP contribution is 2.20. The number of nitrogens with zero attached hydrogens (tertiary/aromatic N) is 5. The molecule has 1 amide bonds. The van der Waals surface area contributed by atoms with E-state index in [4.69, 9.17) is 5.14 Å². The first-order chi connectivity index (χ1) is 13.2. The Morgan fingerprint density at radius 1 is 1.36 bits per heavy atom. The van der Waals surface area contributed by atoms with Gasteiger partial charge in [0, 0.05) is 12.7 Å². The van der Waals surface area contributed by atoms with Crippen LogP contribution in [0.15, 0.2) is 34.2 Å². The average molecular weight is 407 g/mol. The molecule has 28 heavy (non-hydrogen) atoms. The minimum atomic E-state index is -4.09. The van der Waals surface area contributed by atoms with Crippen LogP contribution in [0.3, 0.4) is 0 Å². The fraction of sp³-hybridized carbons (Fsp3) is 0.143. The Labute approximate surface area is 156 Å². The number of hydrogen-bond donors (Lipinski definition) is 2. The van der Waals surface area contributed by atoms with E-state index >= 15 is 0 Å². The fourth-order valence-electron chi connectivity index (χ4n) is 2.34. The predicted molar refractivity (Wildman–Crippen MR) is 92.6 cm³/mol. The molecule has 0 radical (unpaired) electrons. The molecule has 0 aliphatic carbocycles. The van der Waals surface area contributed by atoms with Gasteiger partial charge in [-0.25, -0.2) is 27.7 Å². The Balaban J connectivity index is 1.99. The number of rotatable bonds is 6. The number of hydrogen-bond acceptors (Lipinski definition) is 9. The number of amides is 1. The number of carbonyl (C=O) groups is 2. The Hall–Kier alpha value is -3.65. The number of fused-ring (bicyclic) bond motifs is 1. The molecule has 13 nitrogen and oxygen atoms in total. The Bertz CT molecular complexity index is 1250. The lowest BCUT2D eigenvalue weighted by molar-refractivity contribution is -0.129. The second kappa shape index (κ2) is 7.16. The van der Waals surface area contributed by atoms with Crippen LogP contribution in [0.25, 0.3) is 5.65 Å². The van der Waals surface area contributed by atoms with Gasteiger partial charge in [-0.3, -0.25) is 9.59 Å². The molecule has 0 saturated heterocycles. The molecule has 0 bridgehead atoms. The number of aromatic nitrogens is 5. The second-order valence-corrected chi connectivity index (χ2v) is 7.12. The summed E-state index contributed by atoms with van der Waals surface area (Å²) in [5.41, 5.74) is -0.498. The van der Waals surface area contributed by atoms with E-state index in [1.54, 1.807) is 0 Å². The third-order valence-electron chi connectivity index (χ3n) is 3.58. The monoisotopic (exact) mass is 407 g/mol. The molecule has 0 unspecified atom stereocenters. The van der Waals surface area contributed by atoms with E-state index in [-0.39, 0.29) is 40.6 Å². The lowest BCUT2D eigenvalue weighted by Crippen LogP contribution is -2.27. The summed E-state index contributed by atoms with van der Waals surface area (Å²) in [6, 6.07) is 3.72. The van der Waals surface area contributed by atoms with Crippen LogP contribution in [0.2, 0.25) is 0 Å². The van der Waals surface area contributed by atoms with E-state index in [9.17, 15) is 22.8 Å². The molecule has 0 atom stereocenters. The van der Waals surface area contributed by atoms with Crippen LogP contribution < -0.4 is 16.1 Å². The maximum Gasteiger partial charge on any atom is 0.352 e. The van der Waals surface area contributed by atoms with E-state index < -0.39 is 21.6 Å². The molecular formula is C14H13N7O6S. The Morgan fingerprint density at radius 3 is 2.79 bits per heavy atom. The number of benzene rings is 1. The lowest BCUT2D eigenvalue weighted by atomic mass is 10.2. The Morgan fingerprint density at radius 2 is 2.11 bits per heavy atom. The average Bonchev–Trinajstić information content (AvgIpc) is 3.07. The van der Waals surface area contributed by atoms with Gasteiger partial charge in [-0.2, -0.15) is 4.68 Å². The minimum Gasteiger partial charge on any atom is -0.463 e. The molecule has 2 heterocycles. The summed E-state index contributed by atoms with van der Waals surface area (Å²) >= 11 is 0. The highest BCUT2D eigenvalue weighted by Gasteiger charge is 2.19. The maximum absolute atomic E-state index is 12.5. The number of primary sulfonamides is 1. The third kappa shape index (κ3) is 3.72. The topological polar surface area (TPSA) is 181 Å². The van der Waals surface area contributed by atoms with Gasteiger partial charge in [-0.15, -0.1) is 5.10 Å². The van der Waals surface area contributed by atoms with Crippen LogP contribution in [0.1, 0.15) is 16.1 Å². The van der Waals surface area contributed by atoms with Crippen molar-refractivity contribution >= 4 is 33.7 Å². The molecule has 0 aliphatic heterocycles. The van der Waals surface area contributed by atoms with Crippen LogP contribution >= 0.6 is 0 Å². The molecule has 3 aromatic rings. The quantitative estimate of drug-likeness (QED) is 0.455. The van der Waals surface area contributed by atoms with Gasteiger partial charge in [0.15, 0.2) is 11.3 Å². The third-order valence-corrected chi connectivity index (χ3v) is 4.48. The molecule has 146 valence electrons. The fourth-order valence-corrected chi connectivity index (χ4v) is 2.95. The molecule has 0 fully saturated rings. The molecule has 3 N–H and O–H groups in total. The SMILES string of the molecule is Cn1nnc2c(C(=O)Nc3cc(COC=O)cc(S(N)(=O)=O)c3)ncn2c1=O. The number of aryl methyl sites for hydroxylation is 1. The summed E-state index contributed by atoms with van der Waals surface area (Å²) in [4.78, 5) is 38.4. The molecular weight excluding hydrogens is 394 g/mol. The first-order valence-electron chi connectivity index (χ1n) is 7.51. The van der Waals surface area contributed by atoms with Gasteiger partial charge in [0.2, 0.25) is 10.0 Å². The van der Waals surface area contributed by atoms with Crippen molar-refractivity contribution in [2.75, 3.05) is 5.32 Å². The van der Waals surface area contributed by atoms with E-state index in [2.05, 4.69) is 25.3 Å². The lowest BCUT2D eigenvalue weighted by Gasteiger charge is -2.09. The van der Waals surface area contributed by atoms with Crippen LogP contribution in [-0.2, 0) is 33.2 Å². The number of anilines is 1. The van der Waals surface area contributed by atoms with Gasteiger partial charge in [-0.1, -0.05) is 5.21 Å². The number of nitrogens with two attached hydrogens (primary N) is 1. The van der Waals surface area contributed by atoms with Crippen molar-refractivity contribution in [3.8, 4) is 0 Å². The van der Waals surface area contributed by atoms with Gasteiger partial charge >= 0.3 is 5.69 Å². The Kier molecular flexibility index (Phi) is 4.89. The molecule has 0 aliphatic rings. The maximum atomic E-state index is 12.5. The van der Waals surface area contributed by atoms with Gasteiger partial charge in [0.25, 0.3) is 12.4 Å². The van der Waals surface area contributed by atoms with Crippen molar-refractivity contribution in [2.24, 2.45) is 12.2 Å². The van der Waals surface area contributed by atoms with E-state index in [0.29, 0.717) is 0 Å². The summed E-state index contributed by atoms with van der Waals surface area (Å²) in [7, 11) is -2.70. The summed E-state index contributed by atoms with van der Waals surface area (Å²) in [5.74, 6) is -0.765. The van der Waals surface area contributed by atoms with E-state index in [1.807, 2.05) is 0 Å². The first-order valence-corrected chi connectivity index (χ1v) is 9.06. The van der Waals surface area contributed by atoms with Gasteiger partial charge in [-0.05, 0) is 23.8 Å². The zero-order chi connectivity index (χ0) is 20.5. The largest absolute Gasteiger partial charge is 0.463 e. The smallest absolute Gasteiger partial charge is 0.352 e. The summed E-state index contributed by atoms with van der Waals surface area (Å²) in [5, 5.41) is 14.9. The van der Waals surface area contributed by atoms with Gasteiger partial charge < -0.3 is 10.1 Å². The van der Waals surface area contributed by atoms with Crippen LogP contribution in [0.5, 0.6) is 0 Å². The molecule has 3 rings (SSSR count). The van der Waals surface area contributed by atoms with Crippen molar-refractivity contribution in [3.05, 3.63) is 46.3 Å². The van der Waals surface area contributed by atoms with Crippen LogP contribution in [0, 0.1) is 0 Å². The normalized spacial score (nSPS) is 11.4. The zero-order valence-corrected chi connectivity index (χ0v) is 15.1. The van der Waals surface area contributed by atoms with Crippen molar-refractivity contribution < 1.29 is 22.7 Å². The summed E-state index contributed by atoms with van der Waals surface area (Å²) < 4.78 is 29.9. The number of sulfonamides is 1. The molecule has 0 spiro atoms. The van der Waals surface area contributed by atoms with Gasteiger partial charge in [0.05, 0.1) is 4.90 Å². The van der Waals surface area contributed by atoms with Crippen LogP contribution in [-0.4, -0.2) is 45.2 Å². The second-order valence-electron chi connectivity index (χ2n) is 5.55. The molecule has 0 saturated carbocycles. The molecule has 14 heteroatoms. The molecule has 1 aromatic carbocycles. The van der Waals surface area contributed by atoms with E-state index in [1.165, 1.54) is 19.2 Å². The zero-order valence-electron chi connectivity index (χ0n) is 14.3. The minimum absolute atomic E-state index is 0.0546. The summed E-state index contributed by atoms with van der Waals surface area (Å²) in [6.45, 7) is -0.0387. The van der Waals surface area contributed by atoms with Crippen molar-refractivity contribution in [1.29, 1.82) is 0 Å². The van der Waals surface area contributed by atoms with Gasteiger partial charge in [0.1, 0.15) is 12.9 Å². The standard InChI is InChI=1S/C14H13N7O6S/c1-20-14(24)21-6-16-11(12(21)18-19-20)13(23)17-9-2-8(5-27-7-22)3-10(4-9)28(15,25)26/h2-4,6-7H,5H2,1H3,(H,17,23)(H2,15,25,26). The number of carbonyl (C=O) groups excluding carboxylic acids is 2. The van der Waals surface area contributed by atoms with Crippen LogP contribution in [0.4, 0.5) is 5.69 Å². The van der Waals surface area contributed by atoms with Crippen molar-refractivity contribution in [1.82, 2.24) is 24.4 Å². The summed E-state index contributed by atoms with van der Waals surface area (Å²) in [6.07, 6.45) is 1.12. The number of imidazole rings is 1. The predicted octanol–water partition coefficient (Wildman–Crippen LogP) is -1.60. The first kappa shape index (κ1) is 19.1. The van der Waals surface area contributed by atoms with Crippen molar-refractivity contribution in [2.45, 2.75) is 11.5 Å². The number of nitrogens with one attached hydrogen (secondary N) is 1. The van der Waals surface area contributed by atoms with Crippen molar-refractivity contribution in [3.63, 3.8) is 0 Å².